The average molecular weight is 558 g/mol. The van der Waals surface area contributed by atoms with Gasteiger partial charge in [0, 0.05) is 11.3 Å². The topological polar surface area (TPSA) is 56.6 Å². The molecule has 0 atom stereocenters. The standard InChI is InChI=1S/C29H27F4N3O2S/c1-7-19(9-8-18(4)38-17(2)3)23-13-12-22(15-25(23)30)36-27(39)35(26(37)28(36,5)6)21-11-10-20(16-34)24(14-21)29(31,32)33/h7-15,17H,1H2,2-6H3/b18-8+,19-9+. The minimum absolute atomic E-state index is 0.0166. The predicted molar refractivity (Wildman–Crippen MR) is 147 cm³/mol. The third kappa shape index (κ3) is 5.88. The Morgan fingerprint density at radius 1 is 1.15 bits per heavy atom. The number of hydrogen-bond acceptors (Lipinski definition) is 4. The molecule has 0 bridgehead atoms. The highest BCUT2D eigenvalue weighted by atomic mass is 32.1. The molecule has 0 N–H and O–H groups in total. The van der Waals surface area contributed by atoms with E-state index >= 15 is 4.39 Å². The number of nitriles is 1. The lowest BCUT2D eigenvalue weighted by molar-refractivity contribution is -0.137. The molecule has 0 aromatic heterocycles. The molecular formula is C29H27F4N3O2S. The Morgan fingerprint density at radius 2 is 1.79 bits per heavy atom. The lowest BCUT2D eigenvalue weighted by atomic mass is 10.0. The maximum absolute atomic E-state index is 15.4. The zero-order chi connectivity index (χ0) is 29.3. The van der Waals surface area contributed by atoms with Gasteiger partial charge >= 0.3 is 6.18 Å². The van der Waals surface area contributed by atoms with E-state index in [1.807, 2.05) is 13.8 Å². The van der Waals surface area contributed by atoms with E-state index in [1.54, 1.807) is 39.0 Å². The van der Waals surface area contributed by atoms with Crippen LogP contribution in [0.2, 0.25) is 0 Å². The number of amides is 1. The molecular weight excluding hydrogens is 530 g/mol. The summed E-state index contributed by atoms with van der Waals surface area (Å²) in [7, 11) is 0. The number of nitrogens with zero attached hydrogens (tertiary/aromatic N) is 3. The zero-order valence-corrected chi connectivity index (χ0v) is 22.9. The Morgan fingerprint density at radius 3 is 2.33 bits per heavy atom. The normalized spacial score (nSPS) is 16.1. The first-order valence-corrected chi connectivity index (χ1v) is 12.3. The van der Waals surface area contributed by atoms with Gasteiger partial charge in [-0.05, 0) is 94.9 Å². The van der Waals surface area contributed by atoms with Crippen LogP contribution in [-0.2, 0) is 15.7 Å². The van der Waals surface area contributed by atoms with Crippen LogP contribution in [0.3, 0.4) is 0 Å². The summed E-state index contributed by atoms with van der Waals surface area (Å²) >= 11 is 5.52. The van der Waals surface area contributed by atoms with Gasteiger partial charge in [0.25, 0.3) is 5.91 Å². The molecule has 1 fully saturated rings. The molecule has 0 saturated carbocycles. The van der Waals surface area contributed by atoms with Gasteiger partial charge in [-0.1, -0.05) is 18.7 Å². The van der Waals surface area contributed by atoms with Gasteiger partial charge in [-0.25, -0.2) is 4.39 Å². The second kappa shape index (κ2) is 11.0. The molecule has 1 aliphatic rings. The van der Waals surface area contributed by atoms with Crippen molar-refractivity contribution in [2.45, 2.75) is 52.4 Å². The van der Waals surface area contributed by atoms with Crippen molar-refractivity contribution in [2.75, 3.05) is 9.80 Å². The zero-order valence-electron chi connectivity index (χ0n) is 22.1. The first kappa shape index (κ1) is 29.6. The van der Waals surface area contributed by atoms with E-state index < -0.39 is 34.6 Å². The number of hydrogen-bond donors (Lipinski definition) is 0. The van der Waals surface area contributed by atoms with Crippen molar-refractivity contribution < 1.29 is 27.1 Å². The molecule has 2 aromatic carbocycles. The largest absolute Gasteiger partial charge is 0.496 e. The lowest BCUT2D eigenvalue weighted by Gasteiger charge is -2.29. The van der Waals surface area contributed by atoms with Gasteiger partial charge in [0.05, 0.1) is 34.7 Å². The summed E-state index contributed by atoms with van der Waals surface area (Å²) in [4.78, 5) is 15.7. The number of alkyl halides is 3. The number of carbonyl (C=O) groups is 1. The van der Waals surface area contributed by atoms with E-state index in [2.05, 4.69) is 6.58 Å². The summed E-state index contributed by atoms with van der Waals surface area (Å²) in [6, 6.07) is 8.73. The molecule has 0 unspecified atom stereocenters. The van der Waals surface area contributed by atoms with Crippen LogP contribution in [0, 0.1) is 17.1 Å². The summed E-state index contributed by atoms with van der Waals surface area (Å²) in [6.07, 6.45) is 0.0338. The van der Waals surface area contributed by atoms with Gasteiger partial charge < -0.3 is 9.64 Å². The number of ether oxygens (including phenoxy) is 1. The highest BCUT2D eigenvalue weighted by Gasteiger charge is 2.50. The fraction of sp³-hybridized carbons (Fsp3) is 0.276. The summed E-state index contributed by atoms with van der Waals surface area (Å²) in [6.45, 7) is 12.4. The van der Waals surface area contributed by atoms with Gasteiger partial charge in [0.1, 0.15) is 11.4 Å². The SMILES string of the molecule is C=C/C(=C\C=C(/C)OC(C)C)c1ccc(N2C(=S)N(c3ccc(C#N)c(C(F)(F)F)c3)C(=O)C2(C)C)cc1F. The van der Waals surface area contributed by atoms with Crippen molar-refractivity contribution in [3.05, 3.63) is 89.5 Å². The van der Waals surface area contributed by atoms with Crippen molar-refractivity contribution >= 4 is 40.2 Å². The van der Waals surface area contributed by atoms with Gasteiger partial charge in [-0.3, -0.25) is 9.69 Å². The molecule has 2 aromatic rings. The number of thiocarbonyl (C=S) groups is 1. The number of halogens is 4. The number of anilines is 2. The van der Waals surface area contributed by atoms with Crippen molar-refractivity contribution in [1.82, 2.24) is 0 Å². The number of rotatable bonds is 7. The fourth-order valence-electron chi connectivity index (χ4n) is 4.22. The first-order valence-electron chi connectivity index (χ1n) is 11.9. The summed E-state index contributed by atoms with van der Waals surface area (Å²) in [5.41, 5.74) is -2.28. The third-order valence-electron chi connectivity index (χ3n) is 6.02. The molecule has 3 rings (SSSR count). The van der Waals surface area contributed by atoms with E-state index in [0.29, 0.717) is 17.4 Å². The molecule has 0 radical (unpaired) electrons. The predicted octanol–water partition coefficient (Wildman–Crippen LogP) is 7.53. The molecule has 10 heteroatoms. The van der Waals surface area contributed by atoms with Crippen LogP contribution in [0.1, 0.15) is 51.3 Å². The summed E-state index contributed by atoms with van der Waals surface area (Å²) < 4.78 is 61.6. The van der Waals surface area contributed by atoms with Crippen LogP contribution in [0.25, 0.3) is 5.57 Å². The molecule has 0 spiro atoms. The lowest BCUT2D eigenvalue weighted by Crippen LogP contribution is -2.44. The second-order valence-corrected chi connectivity index (χ2v) is 9.96. The van der Waals surface area contributed by atoms with Crippen LogP contribution in [-0.4, -0.2) is 22.7 Å². The van der Waals surface area contributed by atoms with Crippen molar-refractivity contribution in [3.63, 3.8) is 0 Å². The molecule has 5 nitrogen and oxygen atoms in total. The van der Waals surface area contributed by atoms with E-state index in [0.717, 1.165) is 11.0 Å². The van der Waals surface area contributed by atoms with Gasteiger partial charge in [0.2, 0.25) is 0 Å². The minimum atomic E-state index is -4.81. The quantitative estimate of drug-likeness (QED) is 0.152. The van der Waals surface area contributed by atoms with E-state index in [-0.39, 0.29) is 28.2 Å². The molecule has 0 aliphatic carbocycles. The third-order valence-corrected chi connectivity index (χ3v) is 6.38. The van der Waals surface area contributed by atoms with Gasteiger partial charge in [0.15, 0.2) is 5.11 Å². The minimum Gasteiger partial charge on any atom is -0.496 e. The number of carbonyl (C=O) groups excluding carboxylic acids is 1. The Balaban J connectivity index is 2.03. The Hall–Kier alpha value is -3.97. The summed E-state index contributed by atoms with van der Waals surface area (Å²) in [5, 5.41) is 8.97. The monoisotopic (exact) mass is 557 g/mol. The number of benzene rings is 2. The van der Waals surface area contributed by atoms with Crippen LogP contribution in [0.15, 0.2) is 67.0 Å². The van der Waals surface area contributed by atoms with E-state index in [4.69, 9.17) is 22.2 Å². The van der Waals surface area contributed by atoms with E-state index in [1.165, 1.54) is 35.2 Å². The van der Waals surface area contributed by atoms with Crippen LogP contribution in [0.5, 0.6) is 0 Å². The average Bonchev–Trinajstić information content (AvgIpc) is 3.02. The maximum Gasteiger partial charge on any atom is 0.417 e. The van der Waals surface area contributed by atoms with Crippen molar-refractivity contribution in [3.8, 4) is 6.07 Å². The first-order chi connectivity index (χ1) is 18.1. The van der Waals surface area contributed by atoms with Crippen LogP contribution >= 0.6 is 12.2 Å². The smallest absolute Gasteiger partial charge is 0.417 e. The highest BCUT2D eigenvalue weighted by Crippen LogP contribution is 2.40. The maximum atomic E-state index is 15.4. The molecule has 1 heterocycles. The van der Waals surface area contributed by atoms with Crippen molar-refractivity contribution in [1.29, 1.82) is 5.26 Å². The van der Waals surface area contributed by atoms with Gasteiger partial charge in [-0.2, -0.15) is 18.4 Å². The van der Waals surface area contributed by atoms with Crippen LogP contribution < -0.4 is 9.80 Å². The summed E-state index contributed by atoms with van der Waals surface area (Å²) in [5.74, 6) is -0.579. The van der Waals surface area contributed by atoms with E-state index in [9.17, 15) is 18.0 Å². The molecule has 1 saturated heterocycles. The molecule has 1 aliphatic heterocycles. The Labute approximate surface area is 230 Å². The van der Waals surface area contributed by atoms with Crippen LogP contribution in [0.4, 0.5) is 28.9 Å². The molecule has 204 valence electrons. The van der Waals surface area contributed by atoms with Crippen molar-refractivity contribution in [2.24, 2.45) is 0 Å². The number of allylic oxidation sites excluding steroid dienone is 5. The highest BCUT2D eigenvalue weighted by molar-refractivity contribution is 7.81. The Bertz CT molecular complexity index is 1430. The Kier molecular flexibility index (Phi) is 8.36. The molecule has 39 heavy (non-hydrogen) atoms. The molecule has 1 amide bonds. The fourth-order valence-corrected chi connectivity index (χ4v) is 4.74. The van der Waals surface area contributed by atoms with Gasteiger partial charge in [-0.15, -0.1) is 0 Å². The second-order valence-electron chi connectivity index (χ2n) is 9.59.